The Bertz CT molecular complexity index is 1620. The Hall–Kier alpha value is -4.22. The molecule has 3 fully saturated rings. The third kappa shape index (κ3) is 8.84. The van der Waals surface area contributed by atoms with Crippen LogP contribution >= 0.6 is 0 Å². The minimum absolute atomic E-state index is 0.0608. The van der Waals surface area contributed by atoms with E-state index in [1.165, 1.54) is 6.08 Å². The number of carbonyl (C=O) groups is 6. The summed E-state index contributed by atoms with van der Waals surface area (Å²) in [6.45, 7) is 21.3. The SMILES string of the molecule is C=CCNC(=O)C(=O)C(CCC)NC(=O)[C@@H]1[C@@H]2[C@H](CN1C(=O)[C@@H](NC(=O)N[C@@H](CN1CCC(C)(C)CC1=O)C(C)(C)C)C1Cc3ccccc3C1)C2(C)C. The zero-order chi connectivity index (χ0) is 39.7. The minimum Gasteiger partial charge on any atom is -0.346 e. The van der Waals surface area contributed by atoms with Crippen LogP contribution in [0.3, 0.4) is 0 Å². The molecule has 2 aliphatic carbocycles. The summed E-state index contributed by atoms with van der Waals surface area (Å²) in [5.74, 6) is -2.59. The second-order valence-electron chi connectivity index (χ2n) is 18.5. The summed E-state index contributed by atoms with van der Waals surface area (Å²) in [6, 6.07) is 4.29. The lowest BCUT2D eigenvalue weighted by Gasteiger charge is -2.41. The molecule has 6 amide bonds. The smallest absolute Gasteiger partial charge is 0.315 e. The molecule has 1 unspecified atom stereocenters. The molecule has 1 aromatic rings. The first kappa shape index (κ1) is 41.0. The highest BCUT2D eigenvalue weighted by Crippen LogP contribution is 2.65. The van der Waals surface area contributed by atoms with Crippen molar-refractivity contribution >= 4 is 35.4 Å². The highest BCUT2D eigenvalue weighted by molar-refractivity contribution is 6.38. The molecule has 4 N–H and O–H groups in total. The van der Waals surface area contributed by atoms with Crippen LogP contribution in [0.2, 0.25) is 0 Å². The average molecular weight is 747 g/mol. The maximum atomic E-state index is 14.9. The van der Waals surface area contributed by atoms with Crippen molar-refractivity contribution in [1.29, 1.82) is 0 Å². The van der Waals surface area contributed by atoms with E-state index in [4.69, 9.17) is 0 Å². The number of hydrogen-bond donors (Lipinski definition) is 4. The van der Waals surface area contributed by atoms with Crippen LogP contribution in [0.15, 0.2) is 36.9 Å². The lowest BCUT2D eigenvalue weighted by atomic mass is 9.81. The number of hydrogen-bond acceptors (Lipinski definition) is 6. The van der Waals surface area contributed by atoms with Gasteiger partial charge >= 0.3 is 6.03 Å². The Kier molecular flexibility index (Phi) is 12.0. The highest BCUT2D eigenvalue weighted by Gasteiger charge is 2.70. The molecular weight excluding hydrogens is 684 g/mol. The lowest BCUT2D eigenvalue weighted by molar-refractivity contribution is -0.144. The zero-order valence-electron chi connectivity index (χ0n) is 33.6. The molecule has 12 nitrogen and oxygen atoms in total. The Labute approximate surface area is 321 Å². The van der Waals surface area contributed by atoms with Gasteiger partial charge in [0.15, 0.2) is 0 Å². The first-order chi connectivity index (χ1) is 25.3. The second kappa shape index (κ2) is 15.9. The van der Waals surface area contributed by atoms with E-state index in [0.717, 1.165) is 17.5 Å². The molecule has 12 heteroatoms. The van der Waals surface area contributed by atoms with Gasteiger partial charge in [0.1, 0.15) is 12.1 Å². The molecule has 6 atom stereocenters. The van der Waals surface area contributed by atoms with Crippen LogP contribution in [0, 0.1) is 34.0 Å². The normalized spacial score (nSPS) is 24.4. The fourth-order valence-corrected chi connectivity index (χ4v) is 8.89. The Morgan fingerprint density at radius 3 is 2.22 bits per heavy atom. The van der Waals surface area contributed by atoms with Crippen molar-refractivity contribution in [1.82, 2.24) is 31.1 Å². The Balaban J connectivity index is 1.38. The number of nitrogens with zero attached hydrogens (tertiary/aromatic N) is 2. The number of benzene rings is 1. The van der Waals surface area contributed by atoms with E-state index >= 15 is 0 Å². The van der Waals surface area contributed by atoms with Crippen LogP contribution in [0.1, 0.15) is 92.2 Å². The number of Topliss-reactive ketones (excluding diaryl/α,β-unsaturated/α-hetero) is 1. The van der Waals surface area contributed by atoms with E-state index in [0.29, 0.717) is 45.3 Å². The fourth-order valence-electron chi connectivity index (χ4n) is 8.89. The van der Waals surface area contributed by atoms with Gasteiger partial charge in [0.2, 0.25) is 23.5 Å². The second-order valence-corrected chi connectivity index (χ2v) is 18.5. The van der Waals surface area contributed by atoms with Crippen molar-refractivity contribution in [2.45, 2.75) is 118 Å². The predicted octanol–water partition coefficient (Wildman–Crippen LogP) is 3.77. The number of urea groups is 1. The lowest BCUT2D eigenvalue weighted by Crippen LogP contribution is -2.62. The van der Waals surface area contributed by atoms with Crippen molar-refractivity contribution in [3.63, 3.8) is 0 Å². The molecule has 296 valence electrons. The van der Waals surface area contributed by atoms with Gasteiger partial charge in [-0.3, -0.25) is 24.0 Å². The summed E-state index contributed by atoms with van der Waals surface area (Å²) in [5.41, 5.74) is 1.59. The van der Waals surface area contributed by atoms with Crippen LogP contribution in [0.4, 0.5) is 4.79 Å². The summed E-state index contributed by atoms with van der Waals surface area (Å²) in [7, 11) is 0. The van der Waals surface area contributed by atoms with Crippen molar-refractivity contribution < 1.29 is 28.8 Å². The summed E-state index contributed by atoms with van der Waals surface area (Å²) >= 11 is 0. The fraction of sp³-hybridized carbons (Fsp3) is 0.667. The van der Waals surface area contributed by atoms with Gasteiger partial charge in [-0.25, -0.2) is 4.79 Å². The summed E-state index contributed by atoms with van der Waals surface area (Å²) in [4.78, 5) is 85.5. The van der Waals surface area contributed by atoms with Gasteiger partial charge in [-0.15, -0.1) is 6.58 Å². The molecule has 1 aromatic carbocycles. The summed E-state index contributed by atoms with van der Waals surface area (Å²) < 4.78 is 0. The third-order valence-electron chi connectivity index (χ3n) is 12.5. The van der Waals surface area contributed by atoms with E-state index in [2.05, 4.69) is 55.5 Å². The topological polar surface area (TPSA) is 157 Å². The van der Waals surface area contributed by atoms with Crippen molar-refractivity contribution in [2.75, 3.05) is 26.2 Å². The minimum atomic E-state index is -1.04. The van der Waals surface area contributed by atoms with Crippen LogP contribution < -0.4 is 21.3 Å². The molecule has 1 saturated carbocycles. The molecule has 54 heavy (non-hydrogen) atoms. The molecule has 2 saturated heterocycles. The van der Waals surface area contributed by atoms with Crippen LogP contribution in [0.25, 0.3) is 0 Å². The third-order valence-corrected chi connectivity index (χ3v) is 12.5. The summed E-state index contributed by atoms with van der Waals surface area (Å²) in [6.07, 6.45) is 4.80. The number of rotatable bonds is 14. The van der Waals surface area contributed by atoms with Crippen molar-refractivity contribution in [2.24, 2.45) is 34.0 Å². The van der Waals surface area contributed by atoms with Gasteiger partial charge in [-0.05, 0) is 70.8 Å². The van der Waals surface area contributed by atoms with E-state index in [1.807, 2.05) is 56.9 Å². The van der Waals surface area contributed by atoms with Crippen LogP contribution in [-0.4, -0.2) is 95.6 Å². The van der Waals surface area contributed by atoms with E-state index in [-0.39, 0.29) is 53.4 Å². The predicted molar refractivity (Wildman–Crippen MR) is 207 cm³/mol. The monoisotopic (exact) mass is 746 g/mol. The number of amides is 6. The Morgan fingerprint density at radius 1 is 1.00 bits per heavy atom. The molecule has 0 spiro atoms. The summed E-state index contributed by atoms with van der Waals surface area (Å²) in [5, 5.41) is 11.6. The number of piperidine rings is 2. The molecule has 5 rings (SSSR count). The molecule has 0 bridgehead atoms. The number of ketones is 1. The van der Waals surface area contributed by atoms with Gasteiger partial charge in [0.25, 0.3) is 5.91 Å². The maximum Gasteiger partial charge on any atom is 0.315 e. The van der Waals surface area contributed by atoms with Crippen LogP contribution in [-0.2, 0) is 36.8 Å². The molecule has 2 aliphatic heterocycles. The van der Waals surface area contributed by atoms with Crippen LogP contribution in [0.5, 0.6) is 0 Å². The molecular formula is C42H62N6O6. The van der Waals surface area contributed by atoms with Gasteiger partial charge in [0, 0.05) is 32.6 Å². The standard InChI is InChI=1S/C42H62N6O6/c1-10-14-29(35(50)37(52)43-18-11-2)44-36(51)34-32-28(42(32,8)9)23-48(34)38(53)33(27-20-25-15-12-13-16-26(25)21-27)46-39(54)45-30(40(3,4)5)24-47-19-17-41(6,7)22-31(47)49/h11-13,15-16,27-30,32-34H,2,10,14,17-24H2,1,3-9H3,(H,43,52)(H,44,51)(H2,45,46,54)/t28-,29?,30-,32-,33-,34-/m0/s1. The van der Waals surface area contributed by atoms with Gasteiger partial charge in [-0.2, -0.15) is 0 Å². The van der Waals surface area contributed by atoms with E-state index in [1.54, 1.807) is 4.90 Å². The van der Waals surface area contributed by atoms with Gasteiger partial charge < -0.3 is 31.1 Å². The van der Waals surface area contributed by atoms with Crippen molar-refractivity contribution in [3.05, 3.63) is 48.0 Å². The highest BCUT2D eigenvalue weighted by atomic mass is 16.2. The van der Waals surface area contributed by atoms with E-state index in [9.17, 15) is 28.8 Å². The molecule has 2 heterocycles. The van der Waals surface area contributed by atoms with Gasteiger partial charge in [-0.1, -0.05) is 92.2 Å². The molecule has 0 aromatic heterocycles. The number of nitrogens with one attached hydrogen (secondary N) is 4. The Morgan fingerprint density at radius 2 is 1.65 bits per heavy atom. The number of fused-ring (bicyclic) bond motifs is 2. The number of carbonyl (C=O) groups excluding carboxylic acids is 6. The largest absolute Gasteiger partial charge is 0.346 e. The molecule has 4 aliphatic rings. The van der Waals surface area contributed by atoms with E-state index < -0.39 is 53.2 Å². The quantitative estimate of drug-likeness (QED) is 0.168. The molecule has 0 radical (unpaired) electrons. The zero-order valence-corrected chi connectivity index (χ0v) is 33.6. The average Bonchev–Trinajstić information content (AvgIpc) is 3.45. The maximum absolute atomic E-state index is 14.9. The first-order valence-corrected chi connectivity index (χ1v) is 19.7. The van der Waals surface area contributed by atoms with Gasteiger partial charge in [0.05, 0.1) is 12.1 Å². The number of likely N-dealkylation sites (tertiary alicyclic amines) is 2. The van der Waals surface area contributed by atoms with Crippen molar-refractivity contribution in [3.8, 4) is 0 Å². The first-order valence-electron chi connectivity index (χ1n) is 19.7.